The number of aryl methyl sites for hydroxylation is 1. The Kier molecular flexibility index (Phi) is 4.01. The number of thiazole rings is 1. The summed E-state index contributed by atoms with van der Waals surface area (Å²) in [5.41, 5.74) is 7.06. The molecule has 0 bridgehead atoms. The van der Waals surface area contributed by atoms with Gasteiger partial charge >= 0.3 is 0 Å². The molecule has 2 aromatic heterocycles. The van der Waals surface area contributed by atoms with Crippen LogP contribution < -0.4 is 11.1 Å². The summed E-state index contributed by atoms with van der Waals surface area (Å²) < 4.78 is 0. The van der Waals surface area contributed by atoms with Crippen LogP contribution in [0.5, 0.6) is 0 Å². The zero-order valence-corrected chi connectivity index (χ0v) is 10.8. The molecule has 0 saturated carbocycles. The van der Waals surface area contributed by atoms with Crippen LogP contribution in [0.15, 0.2) is 24.5 Å². The van der Waals surface area contributed by atoms with Gasteiger partial charge in [-0.1, -0.05) is 0 Å². The Labute approximate surface area is 109 Å². The van der Waals surface area contributed by atoms with Crippen LogP contribution in [-0.4, -0.2) is 29.0 Å². The largest absolute Gasteiger partial charge is 0.350 e. The maximum absolute atomic E-state index is 11.9. The van der Waals surface area contributed by atoms with Crippen molar-refractivity contribution in [2.75, 3.05) is 13.1 Å². The minimum atomic E-state index is -0.115. The summed E-state index contributed by atoms with van der Waals surface area (Å²) in [5.74, 6) is -0.115. The third-order valence-electron chi connectivity index (χ3n) is 2.36. The number of nitrogens with zero attached hydrogens (tertiary/aromatic N) is 2. The molecule has 0 unspecified atom stereocenters. The maximum Gasteiger partial charge on any atom is 0.263 e. The van der Waals surface area contributed by atoms with E-state index in [2.05, 4.69) is 15.3 Å². The lowest BCUT2D eigenvalue weighted by Crippen LogP contribution is -2.28. The molecular weight excluding hydrogens is 248 g/mol. The Bertz CT molecular complexity index is 538. The summed E-state index contributed by atoms with van der Waals surface area (Å²) in [6, 6.07) is 3.75. The summed E-state index contributed by atoms with van der Waals surface area (Å²) in [7, 11) is 0. The third-order valence-corrected chi connectivity index (χ3v) is 3.57. The fourth-order valence-corrected chi connectivity index (χ4v) is 2.48. The first kappa shape index (κ1) is 12.7. The van der Waals surface area contributed by atoms with E-state index in [9.17, 15) is 4.79 Å². The molecule has 0 aromatic carbocycles. The highest BCUT2D eigenvalue weighted by molar-refractivity contribution is 7.17. The van der Waals surface area contributed by atoms with E-state index in [4.69, 9.17) is 5.73 Å². The molecule has 2 aromatic rings. The minimum Gasteiger partial charge on any atom is -0.350 e. The molecular formula is C12H14N4OS. The van der Waals surface area contributed by atoms with E-state index in [1.165, 1.54) is 11.3 Å². The number of carbonyl (C=O) groups is 1. The van der Waals surface area contributed by atoms with Crippen LogP contribution in [0.3, 0.4) is 0 Å². The van der Waals surface area contributed by atoms with Gasteiger partial charge in [0.15, 0.2) is 0 Å². The lowest BCUT2D eigenvalue weighted by molar-refractivity contribution is 0.0958. The number of rotatable bonds is 4. The molecule has 94 valence electrons. The predicted molar refractivity (Wildman–Crippen MR) is 71.5 cm³/mol. The summed E-state index contributed by atoms with van der Waals surface area (Å²) >= 11 is 1.38. The van der Waals surface area contributed by atoms with Crippen molar-refractivity contribution >= 4 is 17.2 Å². The van der Waals surface area contributed by atoms with Gasteiger partial charge in [0, 0.05) is 31.0 Å². The molecule has 2 heterocycles. The fraction of sp³-hybridized carbons (Fsp3) is 0.250. The lowest BCUT2D eigenvalue weighted by Gasteiger charge is -2.00. The minimum absolute atomic E-state index is 0.115. The third kappa shape index (κ3) is 2.72. The number of aromatic nitrogens is 2. The average Bonchev–Trinajstić information content (AvgIpc) is 2.79. The number of nitrogens with two attached hydrogens (primary N) is 1. The smallest absolute Gasteiger partial charge is 0.263 e. The first-order valence-corrected chi connectivity index (χ1v) is 6.40. The molecule has 2 rings (SSSR count). The molecule has 0 aliphatic rings. The highest BCUT2D eigenvalue weighted by Crippen LogP contribution is 2.27. The Morgan fingerprint density at radius 3 is 2.83 bits per heavy atom. The van der Waals surface area contributed by atoms with E-state index < -0.39 is 0 Å². The van der Waals surface area contributed by atoms with E-state index >= 15 is 0 Å². The van der Waals surface area contributed by atoms with E-state index in [1.54, 1.807) is 12.4 Å². The van der Waals surface area contributed by atoms with Crippen LogP contribution in [0.25, 0.3) is 10.6 Å². The molecule has 0 aliphatic heterocycles. The van der Waals surface area contributed by atoms with Gasteiger partial charge in [0.1, 0.15) is 9.88 Å². The van der Waals surface area contributed by atoms with Gasteiger partial charge in [0.25, 0.3) is 5.91 Å². The molecule has 6 heteroatoms. The predicted octanol–water partition coefficient (Wildman–Crippen LogP) is 1.20. The van der Waals surface area contributed by atoms with E-state index in [0.29, 0.717) is 18.0 Å². The van der Waals surface area contributed by atoms with Crippen molar-refractivity contribution in [3.63, 3.8) is 0 Å². The van der Waals surface area contributed by atoms with E-state index in [1.807, 2.05) is 19.1 Å². The van der Waals surface area contributed by atoms with Gasteiger partial charge in [-0.15, -0.1) is 11.3 Å². The summed E-state index contributed by atoms with van der Waals surface area (Å²) in [6.45, 7) is 2.74. The quantitative estimate of drug-likeness (QED) is 0.867. The second kappa shape index (κ2) is 5.70. The van der Waals surface area contributed by atoms with Crippen LogP contribution >= 0.6 is 11.3 Å². The zero-order valence-electron chi connectivity index (χ0n) is 10.0. The Balaban J connectivity index is 2.25. The number of hydrogen-bond acceptors (Lipinski definition) is 5. The van der Waals surface area contributed by atoms with Crippen LogP contribution in [0.2, 0.25) is 0 Å². The first-order chi connectivity index (χ1) is 8.72. The standard InChI is InChI=1S/C12H14N4OS/c1-8-10(11(17)15-7-4-13)18-12(16-8)9-2-5-14-6-3-9/h2-3,5-6H,4,7,13H2,1H3,(H,15,17). The molecule has 0 fully saturated rings. The Hall–Kier alpha value is -1.79. The van der Waals surface area contributed by atoms with Gasteiger partial charge in [-0.05, 0) is 19.1 Å². The normalized spacial score (nSPS) is 10.3. The van der Waals surface area contributed by atoms with Gasteiger partial charge in [-0.3, -0.25) is 9.78 Å². The molecule has 1 amide bonds. The Morgan fingerprint density at radius 2 is 2.17 bits per heavy atom. The van der Waals surface area contributed by atoms with Crippen LogP contribution in [-0.2, 0) is 0 Å². The van der Waals surface area contributed by atoms with Crippen molar-refractivity contribution in [1.82, 2.24) is 15.3 Å². The van der Waals surface area contributed by atoms with Gasteiger partial charge in [-0.2, -0.15) is 0 Å². The van der Waals surface area contributed by atoms with Gasteiger partial charge < -0.3 is 11.1 Å². The van der Waals surface area contributed by atoms with Crippen molar-refractivity contribution < 1.29 is 4.79 Å². The van der Waals surface area contributed by atoms with Gasteiger partial charge in [0.05, 0.1) is 5.69 Å². The van der Waals surface area contributed by atoms with Gasteiger partial charge in [0.2, 0.25) is 0 Å². The number of carbonyl (C=O) groups excluding carboxylic acids is 1. The summed E-state index contributed by atoms with van der Waals surface area (Å²) in [5, 5.41) is 3.58. The molecule has 0 aliphatic carbocycles. The van der Waals surface area contributed by atoms with E-state index in [-0.39, 0.29) is 5.91 Å². The number of hydrogen-bond donors (Lipinski definition) is 2. The van der Waals surface area contributed by atoms with Crippen LogP contribution in [0.1, 0.15) is 15.4 Å². The number of pyridine rings is 1. The van der Waals surface area contributed by atoms with Crippen molar-refractivity contribution in [2.45, 2.75) is 6.92 Å². The lowest BCUT2D eigenvalue weighted by atomic mass is 10.3. The molecule has 0 atom stereocenters. The highest BCUT2D eigenvalue weighted by Gasteiger charge is 2.15. The molecule has 3 N–H and O–H groups in total. The number of amides is 1. The fourth-order valence-electron chi connectivity index (χ4n) is 1.49. The maximum atomic E-state index is 11.9. The van der Waals surface area contributed by atoms with E-state index in [0.717, 1.165) is 16.3 Å². The zero-order chi connectivity index (χ0) is 13.0. The highest BCUT2D eigenvalue weighted by atomic mass is 32.1. The second-order valence-electron chi connectivity index (χ2n) is 3.71. The first-order valence-electron chi connectivity index (χ1n) is 5.58. The SMILES string of the molecule is Cc1nc(-c2ccncc2)sc1C(=O)NCCN. The molecule has 18 heavy (non-hydrogen) atoms. The van der Waals surface area contributed by atoms with Crippen LogP contribution in [0.4, 0.5) is 0 Å². The molecule has 0 spiro atoms. The molecule has 5 nitrogen and oxygen atoms in total. The van der Waals surface area contributed by atoms with Crippen LogP contribution in [0, 0.1) is 6.92 Å². The van der Waals surface area contributed by atoms with Crippen molar-refractivity contribution in [2.24, 2.45) is 5.73 Å². The molecule has 0 saturated heterocycles. The van der Waals surface area contributed by atoms with Crippen molar-refractivity contribution in [3.8, 4) is 10.6 Å². The summed E-state index contributed by atoms with van der Waals surface area (Å²) in [6.07, 6.45) is 3.42. The monoisotopic (exact) mass is 262 g/mol. The van der Waals surface area contributed by atoms with Crippen molar-refractivity contribution in [3.05, 3.63) is 35.1 Å². The van der Waals surface area contributed by atoms with Crippen molar-refractivity contribution in [1.29, 1.82) is 0 Å². The average molecular weight is 262 g/mol. The molecule has 0 radical (unpaired) electrons. The number of nitrogens with one attached hydrogen (secondary N) is 1. The summed E-state index contributed by atoms with van der Waals surface area (Å²) in [4.78, 5) is 20.9. The topological polar surface area (TPSA) is 80.9 Å². The van der Waals surface area contributed by atoms with Gasteiger partial charge in [-0.25, -0.2) is 4.98 Å². The second-order valence-corrected chi connectivity index (χ2v) is 4.71. The Morgan fingerprint density at radius 1 is 1.44 bits per heavy atom.